The number of carbonyl (C=O) groups is 2. The Morgan fingerprint density at radius 3 is 2.61 bits per heavy atom. The Kier molecular flexibility index (Phi) is 9.57. The lowest BCUT2D eigenvalue weighted by atomic mass is 9.93. The van der Waals surface area contributed by atoms with Gasteiger partial charge in [-0.3, -0.25) is 9.36 Å². The summed E-state index contributed by atoms with van der Waals surface area (Å²) in [5, 5.41) is 0.419. The lowest BCUT2D eigenvalue weighted by Crippen LogP contribution is -2.40. The average Bonchev–Trinajstić information content (AvgIpc) is 3.60. The second-order valence-corrected chi connectivity index (χ2v) is 12.0. The van der Waals surface area contributed by atoms with Gasteiger partial charge in [0.05, 0.1) is 42.2 Å². The fourth-order valence-corrected chi connectivity index (χ4v) is 6.60. The first kappa shape index (κ1) is 31.5. The first-order chi connectivity index (χ1) is 21.2. The first-order valence-electron chi connectivity index (χ1n) is 13.7. The Morgan fingerprint density at radius 2 is 1.91 bits per heavy atom. The summed E-state index contributed by atoms with van der Waals surface area (Å²) in [7, 11) is 2.83. The summed E-state index contributed by atoms with van der Waals surface area (Å²) < 4.78 is 24.7. The summed E-state index contributed by atoms with van der Waals surface area (Å²) in [5.41, 5.74) is 1.83. The quantitative estimate of drug-likeness (QED) is 0.196. The van der Waals surface area contributed by atoms with Crippen LogP contribution < -0.4 is 19.6 Å². The average molecular weight is 700 g/mol. The van der Waals surface area contributed by atoms with Gasteiger partial charge < -0.3 is 18.6 Å². The standard InChI is InChI=1S/C32H28BrClN2O7S/c1-5-7-23-27(31(39)42-6-2)28(22-14-17(33)8-12-24(22)40-3)36-29(37)26(44-32(36)35-23)16-19-10-13-25(43-19)21-15-18(34)9-11-20(21)30(38)41-4/h8-16,28H,5-7H2,1-4H3/b26-16-/t28-/m0/s1. The normalized spacial score (nSPS) is 14.7. The Balaban J connectivity index is 1.70. The zero-order valence-electron chi connectivity index (χ0n) is 24.3. The zero-order valence-corrected chi connectivity index (χ0v) is 27.5. The van der Waals surface area contributed by atoms with Gasteiger partial charge in [0.25, 0.3) is 5.56 Å². The second-order valence-electron chi connectivity index (χ2n) is 9.68. The Bertz CT molecular complexity index is 1970. The molecule has 0 saturated carbocycles. The van der Waals surface area contributed by atoms with E-state index < -0.39 is 18.0 Å². The third-order valence-corrected chi connectivity index (χ3v) is 8.64. The van der Waals surface area contributed by atoms with Crippen LogP contribution in [0.3, 0.4) is 0 Å². The molecule has 44 heavy (non-hydrogen) atoms. The van der Waals surface area contributed by atoms with Crippen molar-refractivity contribution in [3.05, 3.63) is 106 Å². The van der Waals surface area contributed by atoms with Gasteiger partial charge in [0, 0.05) is 26.7 Å². The van der Waals surface area contributed by atoms with E-state index in [-0.39, 0.29) is 17.7 Å². The number of hydrogen-bond donors (Lipinski definition) is 0. The van der Waals surface area contributed by atoms with Crippen LogP contribution in [-0.2, 0) is 14.3 Å². The molecule has 2 aromatic heterocycles. The number of methoxy groups -OCH3 is 2. The molecule has 0 saturated heterocycles. The number of rotatable bonds is 9. The number of furan rings is 1. The van der Waals surface area contributed by atoms with Crippen molar-refractivity contribution in [3.63, 3.8) is 0 Å². The summed E-state index contributed by atoms with van der Waals surface area (Å²) >= 11 is 10.9. The van der Waals surface area contributed by atoms with Crippen molar-refractivity contribution in [2.45, 2.75) is 32.7 Å². The number of benzene rings is 2. The molecule has 228 valence electrons. The van der Waals surface area contributed by atoms with Gasteiger partial charge in [-0.15, -0.1) is 0 Å². The van der Waals surface area contributed by atoms with E-state index in [2.05, 4.69) is 15.9 Å². The van der Waals surface area contributed by atoms with Crippen LogP contribution in [0.5, 0.6) is 5.75 Å². The zero-order chi connectivity index (χ0) is 31.5. The molecule has 0 aliphatic carbocycles. The minimum Gasteiger partial charge on any atom is -0.496 e. The van der Waals surface area contributed by atoms with E-state index in [0.29, 0.717) is 60.4 Å². The highest BCUT2D eigenvalue weighted by molar-refractivity contribution is 9.10. The van der Waals surface area contributed by atoms with Crippen LogP contribution in [-0.4, -0.2) is 37.3 Å². The predicted molar refractivity (Wildman–Crippen MR) is 171 cm³/mol. The molecule has 0 amide bonds. The molecule has 1 aliphatic heterocycles. The molecule has 9 nitrogen and oxygen atoms in total. The van der Waals surface area contributed by atoms with Gasteiger partial charge in [0.2, 0.25) is 0 Å². The molecule has 0 bridgehead atoms. The maximum absolute atomic E-state index is 14.1. The number of aromatic nitrogens is 1. The summed E-state index contributed by atoms with van der Waals surface area (Å²) in [6.45, 7) is 3.89. The minimum absolute atomic E-state index is 0.166. The lowest BCUT2D eigenvalue weighted by Gasteiger charge is -2.27. The van der Waals surface area contributed by atoms with E-state index in [0.717, 1.165) is 10.9 Å². The van der Waals surface area contributed by atoms with Crippen molar-refractivity contribution < 1.29 is 28.2 Å². The van der Waals surface area contributed by atoms with Crippen molar-refractivity contribution in [2.24, 2.45) is 4.99 Å². The van der Waals surface area contributed by atoms with Crippen molar-refractivity contribution in [3.8, 4) is 17.1 Å². The molecule has 1 aliphatic rings. The monoisotopic (exact) mass is 698 g/mol. The first-order valence-corrected chi connectivity index (χ1v) is 15.7. The molecular formula is C32H28BrClN2O7S. The number of nitrogens with zero attached hydrogens (tertiary/aromatic N) is 2. The molecule has 0 unspecified atom stereocenters. The smallest absolute Gasteiger partial charge is 0.338 e. The highest BCUT2D eigenvalue weighted by Gasteiger charge is 2.36. The molecule has 0 spiro atoms. The number of thiazole rings is 1. The second kappa shape index (κ2) is 13.4. The van der Waals surface area contributed by atoms with E-state index >= 15 is 0 Å². The number of allylic oxidation sites excluding steroid dienone is 1. The third-order valence-electron chi connectivity index (χ3n) is 6.93. The van der Waals surface area contributed by atoms with Crippen LogP contribution in [0.25, 0.3) is 17.4 Å². The van der Waals surface area contributed by atoms with Gasteiger partial charge in [-0.25, -0.2) is 14.6 Å². The molecule has 5 rings (SSSR count). The maximum atomic E-state index is 14.1. The molecule has 12 heteroatoms. The van der Waals surface area contributed by atoms with Gasteiger partial charge in [0.15, 0.2) is 4.80 Å². The topological polar surface area (TPSA) is 109 Å². The molecular weight excluding hydrogens is 672 g/mol. The van der Waals surface area contributed by atoms with E-state index in [1.54, 1.807) is 49.4 Å². The predicted octanol–water partition coefficient (Wildman–Crippen LogP) is 6.05. The number of esters is 2. The number of carbonyl (C=O) groups excluding carboxylic acids is 2. The van der Waals surface area contributed by atoms with Crippen molar-refractivity contribution >= 4 is 56.9 Å². The van der Waals surface area contributed by atoms with Crippen molar-refractivity contribution in [1.82, 2.24) is 4.57 Å². The van der Waals surface area contributed by atoms with Crippen molar-refractivity contribution in [2.75, 3.05) is 20.8 Å². The molecule has 0 N–H and O–H groups in total. The number of fused-ring (bicyclic) bond motifs is 1. The fourth-order valence-electron chi connectivity index (χ4n) is 5.05. The molecule has 4 aromatic rings. The third kappa shape index (κ3) is 6.04. The van der Waals surface area contributed by atoms with E-state index in [4.69, 9.17) is 35.2 Å². The van der Waals surface area contributed by atoms with Crippen LogP contribution in [0.2, 0.25) is 5.02 Å². The van der Waals surface area contributed by atoms with Crippen LogP contribution >= 0.6 is 38.9 Å². The summed E-state index contributed by atoms with van der Waals surface area (Å²) in [6.07, 6.45) is 2.85. The van der Waals surface area contributed by atoms with Gasteiger partial charge in [-0.2, -0.15) is 0 Å². The molecule has 3 heterocycles. The van der Waals surface area contributed by atoms with Gasteiger partial charge in [0.1, 0.15) is 23.3 Å². The number of ether oxygens (including phenoxy) is 3. The Hall–Kier alpha value is -3.93. The molecule has 1 atom stereocenters. The van der Waals surface area contributed by atoms with Gasteiger partial charge in [-0.1, -0.05) is 52.2 Å². The highest BCUT2D eigenvalue weighted by atomic mass is 79.9. The van der Waals surface area contributed by atoms with Gasteiger partial charge in [-0.05, 0) is 61.9 Å². The summed E-state index contributed by atoms with van der Waals surface area (Å²) in [5.74, 6) is 0.172. The van der Waals surface area contributed by atoms with Crippen molar-refractivity contribution in [1.29, 1.82) is 0 Å². The van der Waals surface area contributed by atoms with Gasteiger partial charge >= 0.3 is 11.9 Å². The highest BCUT2D eigenvalue weighted by Crippen LogP contribution is 2.38. The van der Waals surface area contributed by atoms with E-state index in [9.17, 15) is 14.4 Å². The Morgan fingerprint density at radius 1 is 1.11 bits per heavy atom. The van der Waals surface area contributed by atoms with E-state index in [1.807, 2.05) is 19.1 Å². The SMILES string of the molecule is CCCC1=C(C(=O)OCC)[C@H](c2cc(Br)ccc2OC)n2c(s/c(=C\c3ccc(-c4cc(Cl)ccc4C(=O)OC)o3)c2=O)=N1. The van der Waals surface area contributed by atoms with Crippen LogP contribution in [0.1, 0.15) is 54.4 Å². The number of hydrogen-bond acceptors (Lipinski definition) is 9. The van der Waals surface area contributed by atoms with E-state index in [1.165, 1.54) is 30.1 Å². The summed E-state index contributed by atoms with van der Waals surface area (Å²) in [6, 6.07) is 12.7. The maximum Gasteiger partial charge on any atom is 0.338 e. The molecule has 2 aromatic carbocycles. The Labute approximate surface area is 270 Å². The number of halogens is 2. The molecule has 0 fully saturated rings. The van der Waals surface area contributed by atoms with Crippen LogP contribution in [0.4, 0.5) is 0 Å². The van der Waals surface area contributed by atoms with Crippen LogP contribution in [0.15, 0.2) is 78.5 Å². The minimum atomic E-state index is -0.845. The van der Waals surface area contributed by atoms with Crippen LogP contribution in [0, 0.1) is 0 Å². The lowest BCUT2D eigenvalue weighted by molar-refractivity contribution is -0.139. The largest absolute Gasteiger partial charge is 0.496 e. The summed E-state index contributed by atoms with van der Waals surface area (Å²) in [4.78, 5) is 45.2. The fraction of sp³-hybridized carbons (Fsp3) is 0.250. The molecule has 0 radical (unpaired) electrons.